The van der Waals surface area contributed by atoms with Gasteiger partial charge in [0.1, 0.15) is 16.5 Å². The Hall–Kier alpha value is -2.67. The fraction of sp³-hybridized carbons (Fsp3) is 0.278. The molecule has 0 radical (unpaired) electrons. The maximum Gasteiger partial charge on any atom is 0.273 e. The third kappa shape index (κ3) is 3.02. The number of aromatic hydroxyl groups is 1. The van der Waals surface area contributed by atoms with Crippen LogP contribution in [-0.2, 0) is 7.05 Å². The normalized spacial score (nSPS) is 17.2. The van der Waals surface area contributed by atoms with Gasteiger partial charge in [-0.25, -0.2) is 4.98 Å². The second-order valence-corrected chi connectivity index (χ2v) is 7.05. The van der Waals surface area contributed by atoms with E-state index in [-0.39, 0.29) is 17.7 Å². The number of rotatable bonds is 3. The number of aryl methyl sites for hydroxylation is 1. The molecule has 1 saturated heterocycles. The number of carbonyl (C=O) groups excluding carboxylic acids is 1. The number of likely N-dealkylation sites (tertiary alicyclic amines) is 1. The van der Waals surface area contributed by atoms with Crippen LogP contribution in [0, 0.1) is 0 Å². The van der Waals surface area contributed by atoms with Gasteiger partial charge in [-0.1, -0.05) is 12.1 Å². The van der Waals surface area contributed by atoms with Gasteiger partial charge in [-0.3, -0.25) is 9.48 Å². The van der Waals surface area contributed by atoms with E-state index in [1.54, 1.807) is 23.0 Å². The molecular formula is C18H18N4O2S. The number of hydrogen-bond acceptors (Lipinski definition) is 5. The minimum Gasteiger partial charge on any atom is -0.508 e. The van der Waals surface area contributed by atoms with E-state index < -0.39 is 0 Å². The molecule has 0 aliphatic carbocycles. The molecule has 1 fully saturated rings. The summed E-state index contributed by atoms with van der Waals surface area (Å²) in [4.78, 5) is 19.3. The Bertz CT molecular complexity index is 900. The molecule has 1 amide bonds. The summed E-state index contributed by atoms with van der Waals surface area (Å²) in [5.41, 5.74) is 2.45. The standard InChI is InChI=1S/C18H18N4O2S/c1-21-10-13(9-19-21)17-20-15(11-25-17)18(24)22-8-2-3-16(22)12-4-6-14(23)7-5-12/h4-7,9-11,16,23H,2-3,8H2,1H3/t16-/m0/s1. The van der Waals surface area contributed by atoms with E-state index in [0.717, 1.165) is 35.5 Å². The first-order chi connectivity index (χ1) is 12.1. The second-order valence-electron chi connectivity index (χ2n) is 6.19. The number of carbonyl (C=O) groups is 1. The van der Waals surface area contributed by atoms with Crippen molar-refractivity contribution < 1.29 is 9.90 Å². The van der Waals surface area contributed by atoms with Crippen LogP contribution in [0.2, 0.25) is 0 Å². The van der Waals surface area contributed by atoms with Crippen molar-refractivity contribution >= 4 is 17.2 Å². The average molecular weight is 354 g/mol. The summed E-state index contributed by atoms with van der Waals surface area (Å²) in [5.74, 6) is 0.196. The van der Waals surface area contributed by atoms with Crippen LogP contribution in [-0.4, -0.2) is 37.2 Å². The van der Waals surface area contributed by atoms with Gasteiger partial charge >= 0.3 is 0 Å². The predicted octanol–water partition coefficient (Wildman–Crippen LogP) is 3.23. The minimum atomic E-state index is -0.0398. The quantitative estimate of drug-likeness (QED) is 0.784. The van der Waals surface area contributed by atoms with E-state index in [9.17, 15) is 9.90 Å². The van der Waals surface area contributed by atoms with Gasteiger partial charge in [0, 0.05) is 30.7 Å². The highest BCUT2D eigenvalue weighted by molar-refractivity contribution is 7.13. The van der Waals surface area contributed by atoms with Crippen molar-refractivity contribution in [1.82, 2.24) is 19.7 Å². The van der Waals surface area contributed by atoms with Crippen LogP contribution in [0.5, 0.6) is 5.75 Å². The van der Waals surface area contributed by atoms with E-state index in [1.807, 2.05) is 35.7 Å². The third-order valence-corrected chi connectivity index (χ3v) is 5.36. The van der Waals surface area contributed by atoms with Crippen molar-refractivity contribution in [1.29, 1.82) is 0 Å². The molecule has 1 atom stereocenters. The van der Waals surface area contributed by atoms with Crippen molar-refractivity contribution in [3.8, 4) is 16.3 Å². The molecule has 1 aliphatic heterocycles. The molecule has 0 bridgehead atoms. The van der Waals surface area contributed by atoms with Crippen molar-refractivity contribution in [2.24, 2.45) is 7.05 Å². The predicted molar refractivity (Wildman–Crippen MR) is 95.4 cm³/mol. The first-order valence-corrected chi connectivity index (χ1v) is 9.04. The van der Waals surface area contributed by atoms with E-state index in [2.05, 4.69) is 10.1 Å². The van der Waals surface area contributed by atoms with Gasteiger partial charge in [-0.05, 0) is 30.5 Å². The highest BCUT2D eigenvalue weighted by Gasteiger charge is 2.31. The number of amides is 1. The molecule has 0 saturated carbocycles. The summed E-state index contributed by atoms with van der Waals surface area (Å²) in [6.45, 7) is 0.726. The molecule has 1 N–H and O–H groups in total. The fourth-order valence-electron chi connectivity index (χ4n) is 3.24. The molecule has 6 nitrogen and oxygen atoms in total. The number of nitrogens with zero attached hydrogens (tertiary/aromatic N) is 4. The SMILES string of the molecule is Cn1cc(-c2nc(C(=O)N3CCC[C@H]3c3ccc(O)cc3)cs2)cn1. The average Bonchev–Trinajstić information content (AvgIpc) is 3.35. The Kier molecular flexibility index (Phi) is 4.01. The lowest BCUT2D eigenvalue weighted by molar-refractivity contribution is 0.0730. The van der Waals surface area contributed by atoms with Gasteiger partial charge in [0.2, 0.25) is 0 Å². The molecule has 3 heterocycles. The Balaban J connectivity index is 1.57. The Labute approximate surface area is 149 Å². The van der Waals surface area contributed by atoms with Gasteiger partial charge in [0.15, 0.2) is 0 Å². The van der Waals surface area contributed by atoms with Gasteiger partial charge < -0.3 is 10.0 Å². The summed E-state index contributed by atoms with van der Waals surface area (Å²) in [6, 6.07) is 7.14. The highest BCUT2D eigenvalue weighted by Crippen LogP contribution is 2.34. The summed E-state index contributed by atoms with van der Waals surface area (Å²) < 4.78 is 1.72. The van der Waals surface area contributed by atoms with Crippen LogP contribution in [0.3, 0.4) is 0 Å². The van der Waals surface area contributed by atoms with Crippen molar-refractivity contribution in [3.05, 3.63) is 53.3 Å². The zero-order valence-electron chi connectivity index (χ0n) is 13.8. The van der Waals surface area contributed by atoms with E-state index in [4.69, 9.17) is 0 Å². The number of phenolic OH excluding ortho intramolecular Hbond substituents is 1. The van der Waals surface area contributed by atoms with Crippen LogP contribution in [0.25, 0.3) is 10.6 Å². The maximum atomic E-state index is 12.9. The molecule has 2 aromatic heterocycles. The van der Waals surface area contributed by atoms with Crippen LogP contribution in [0.1, 0.15) is 34.9 Å². The monoisotopic (exact) mass is 354 g/mol. The second kappa shape index (κ2) is 6.33. The topological polar surface area (TPSA) is 71.2 Å². The smallest absolute Gasteiger partial charge is 0.273 e. The maximum absolute atomic E-state index is 12.9. The zero-order chi connectivity index (χ0) is 17.4. The molecule has 4 rings (SSSR count). The van der Waals surface area contributed by atoms with Gasteiger partial charge in [-0.2, -0.15) is 5.10 Å². The molecule has 1 aliphatic rings. The van der Waals surface area contributed by atoms with Gasteiger partial charge in [0.25, 0.3) is 5.91 Å². The lowest BCUT2D eigenvalue weighted by Crippen LogP contribution is -2.30. The van der Waals surface area contributed by atoms with E-state index >= 15 is 0 Å². The number of phenols is 1. The van der Waals surface area contributed by atoms with Crippen molar-refractivity contribution in [2.45, 2.75) is 18.9 Å². The summed E-state index contributed by atoms with van der Waals surface area (Å²) in [7, 11) is 1.86. The van der Waals surface area contributed by atoms with Crippen LogP contribution >= 0.6 is 11.3 Å². The first-order valence-electron chi connectivity index (χ1n) is 8.16. The van der Waals surface area contributed by atoms with Crippen LogP contribution in [0.15, 0.2) is 42.0 Å². The molecule has 7 heteroatoms. The number of aromatic nitrogens is 3. The first kappa shape index (κ1) is 15.8. The van der Waals surface area contributed by atoms with Gasteiger partial charge in [-0.15, -0.1) is 11.3 Å². The highest BCUT2D eigenvalue weighted by atomic mass is 32.1. The van der Waals surface area contributed by atoms with Gasteiger partial charge in [0.05, 0.1) is 12.2 Å². The third-order valence-electron chi connectivity index (χ3n) is 4.47. The van der Waals surface area contributed by atoms with Crippen molar-refractivity contribution in [3.63, 3.8) is 0 Å². The lowest BCUT2D eigenvalue weighted by Gasteiger charge is -2.24. The van der Waals surface area contributed by atoms with Crippen molar-refractivity contribution in [2.75, 3.05) is 6.54 Å². The molecule has 25 heavy (non-hydrogen) atoms. The molecule has 3 aromatic rings. The summed E-state index contributed by atoms with van der Waals surface area (Å²) in [6.07, 6.45) is 5.54. The molecule has 1 aromatic carbocycles. The van der Waals surface area contributed by atoms with Crippen LogP contribution in [0.4, 0.5) is 0 Å². The molecule has 0 spiro atoms. The number of thiazole rings is 1. The fourth-order valence-corrected chi connectivity index (χ4v) is 4.01. The number of benzene rings is 1. The Morgan fingerprint density at radius 1 is 1.32 bits per heavy atom. The molecule has 0 unspecified atom stereocenters. The largest absolute Gasteiger partial charge is 0.508 e. The molecule has 128 valence electrons. The Morgan fingerprint density at radius 2 is 2.12 bits per heavy atom. The van der Waals surface area contributed by atoms with Crippen LogP contribution < -0.4 is 0 Å². The lowest BCUT2D eigenvalue weighted by atomic mass is 10.0. The summed E-state index contributed by atoms with van der Waals surface area (Å²) in [5, 5.41) is 16.2. The minimum absolute atomic E-state index is 0.0386. The Morgan fingerprint density at radius 3 is 2.84 bits per heavy atom. The molecular weight excluding hydrogens is 336 g/mol. The zero-order valence-corrected chi connectivity index (χ0v) is 14.6. The summed E-state index contributed by atoms with van der Waals surface area (Å²) >= 11 is 1.46. The van der Waals surface area contributed by atoms with E-state index in [1.165, 1.54) is 11.3 Å². The van der Waals surface area contributed by atoms with E-state index in [0.29, 0.717) is 5.69 Å². The number of hydrogen-bond donors (Lipinski definition) is 1.